The second-order valence-corrected chi connectivity index (χ2v) is 5.16. The maximum Gasteiger partial charge on any atom is 0.407 e. The molecule has 1 atom stereocenters. The molecule has 0 saturated carbocycles. The molecule has 0 aliphatic rings. The first kappa shape index (κ1) is 16.6. The molecule has 0 aromatic heterocycles. The van der Waals surface area contributed by atoms with Crippen molar-refractivity contribution < 1.29 is 14.7 Å². The van der Waals surface area contributed by atoms with Gasteiger partial charge in [-0.2, -0.15) is 0 Å². The summed E-state index contributed by atoms with van der Waals surface area (Å²) in [5.41, 5.74) is 11.7. The summed E-state index contributed by atoms with van der Waals surface area (Å²) in [5, 5.41) is 9.78. The van der Waals surface area contributed by atoms with Crippen LogP contribution < -0.4 is 11.5 Å². The first-order valence-corrected chi connectivity index (χ1v) is 6.51. The van der Waals surface area contributed by atoms with Gasteiger partial charge in [-0.1, -0.05) is 29.3 Å². The van der Waals surface area contributed by atoms with Crippen LogP contribution >= 0.6 is 23.2 Å². The molecule has 1 aromatic rings. The van der Waals surface area contributed by atoms with Crippen LogP contribution in [0.3, 0.4) is 0 Å². The predicted octanol–water partition coefficient (Wildman–Crippen LogP) is 1.33. The summed E-state index contributed by atoms with van der Waals surface area (Å²) < 4.78 is 0. The molecule has 0 spiro atoms. The van der Waals surface area contributed by atoms with Crippen molar-refractivity contribution >= 4 is 35.2 Å². The van der Waals surface area contributed by atoms with Gasteiger partial charge >= 0.3 is 6.09 Å². The third-order valence-electron chi connectivity index (χ3n) is 2.55. The lowest BCUT2D eigenvalue weighted by Crippen LogP contribution is -2.45. The van der Waals surface area contributed by atoms with E-state index in [0.29, 0.717) is 16.5 Å². The lowest BCUT2D eigenvalue weighted by Gasteiger charge is -2.21. The van der Waals surface area contributed by atoms with Gasteiger partial charge in [0.05, 0.1) is 10.0 Å². The monoisotopic (exact) mass is 319 g/mol. The van der Waals surface area contributed by atoms with Crippen LogP contribution in [0.5, 0.6) is 0 Å². The number of carboxylic acid groups (broad SMARTS) is 1. The summed E-state index contributed by atoms with van der Waals surface area (Å²) in [6.07, 6.45) is -0.840. The van der Waals surface area contributed by atoms with E-state index < -0.39 is 18.0 Å². The smallest absolute Gasteiger partial charge is 0.407 e. The highest BCUT2D eigenvalue weighted by molar-refractivity contribution is 6.42. The van der Waals surface area contributed by atoms with Crippen LogP contribution in [0.15, 0.2) is 18.2 Å². The Bertz CT molecular complexity index is 511. The van der Waals surface area contributed by atoms with Crippen molar-refractivity contribution in [1.29, 1.82) is 0 Å². The Kier molecular flexibility index (Phi) is 6.06. The van der Waals surface area contributed by atoms with Gasteiger partial charge in [0.2, 0.25) is 5.91 Å². The van der Waals surface area contributed by atoms with Crippen LogP contribution in [0, 0.1) is 0 Å². The Morgan fingerprint density at radius 3 is 2.45 bits per heavy atom. The van der Waals surface area contributed by atoms with Crippen LogP contribution in [0.2, 0.25) is 10.0 Å². The van der Waals surface area contributed by atoms with E-state index in [1.165, 1.54) is 0 Å². The zero-order valence-electron chi connectivity index (χ0n) is 10.6. The quantitative estimate of drug-likeness (QED) is 0.734. The number of carbonyl (C=O) groups excluding carboxylic acids is 1. The lowest BCUT2D eigenvalue weighted by atomic mass is 10.1. The normalized spacial score (nSPS) is 11.9. The van der Waals surface area contributed by atoms with Gasteiger partial charge in [-0.25, -0.2) is 4.79 Å². The minimum absolute atomic E-state index is 0.00147. The van der Waals surface area contributed by atoms with E-state index in [-0.39, 0.29) is 13.1 Å². The molecule has 0 radical (unpaired) electrons. The summed E-state index contributed by atoms with van der Waals surface area (Å²) in [4.78, 5) is 22.6. The largest absolute Gasteiger partial charge is 0.465 e. The van der Waals surface area contributed by atoms with Crippen molar-refractivity contribution in [2.75, 3.05) is 13.1 Å². The molecule has 0 aliphatic carbocycles. The van der Waals surface area contributed by atoms with Crippen LogP contribution in [0.1, 0.15) is 5.56 Å². The van der Waals surface area contributed by atoms with Crippen molar-refractivity contribution in [3.05, 3.63) is 33.8 Å². The fourth-order valence-electron chi connectivity index (χ4n) is 1.72. The summed E-state index contributed by atoms with van der Waals surface area (Å²) in [5.74, 6) is -0.728. The van der Waals surface area contributed by atoms with Crippen LogP contribution in [-0.2, 0) is 11.2 Å². The summed E-state index contributed by atoms with van der Waals surface area (Å²) in [6.45, 7) is -0.386. The van der Waals surface area contributed by atoms with Gasteiger partial charge in [0.15, 0.2) is 0 Å². The summed E-state index contributed by atoms with van der Waals surface area (Å²) >= 11 is 11.7. The van der Waals surface area contributed by atoms with E-state index in [4.69, 9.17) is 39.8 Å². The molecule has 6 nitrogen and oxygen atoms in total. The molecule has 0 aliphatic heterocycles. The average molecular weight is 320 g/mol. The molecule has 20 heavy (non-hydrogen) atoms. The lowest BCUT2D eigenvalue weighted by molar-refractivity contribution is -0.118. The topological polar surface area (TPSA) is 110 Å². The number of hydrogen-bond acceptors (Lipinski definition) is 3. The average Bonchev–Trinajstić information content (AvgIpc) is 2.32. The van der Waals surface area contributed by atoms with Gasteiger partial charge < -0.3 is 16.6 Å². The number of carbonyl (C=O) groups is 2. The molecule has 8 heteroatoms. The highest BCUT2D eigenvalue weighted by Gasteiger charge is 2.18. The first-order chi connectivity index (χ1) is 9.29. The number of nitrogens with zero attached hydrogens (tertiary/aromatic N) is 1. The molecule has 0 fully saturated rings. The third kappa shape index (κ3) is 5.24. The number of hydrogen-bond donors (Lipinski definition) is 3. The minimum Gasteiger partial charge on any atom is -0.465 e. The van der Waals surface area contributed by atoms with E-state index in [0.717, 1.165) is 10.5 Å². The molecular formula is C12H15Cl2N3O3. The molecule has 0 saturated heterocycles. The van der Waals surface area contributed by atoms with Crippen molar-refractivity contribution in [3.8, 4) is 0 Å². The molecule has 110 valence electrons. The Hall–Kier alpha value is -1.50. The van der Waals surface area contributed by atoms with E-state index in [9.17, 15) is 9.59 Å². The molecule has 1 aromatic carbocycles. The Balaban J connectivity index is 2.65. The SMILES string of the molecule is NC(=O)CN(C[C@H](N)Cc1ccc(Cl)c(Cl)c1)C(=O)O. The predicted molar refractivity (Wildman–Crippen MR) is 76.9 cm³/mol. The fourth-order valence-corrected chi connectivity index (χ4v) is 2.04. The number of primary amides is 1. The zero-order valence-corrected chi connectivity index (χ0v) is 12.1. The van der Waals surface area contributed by atoms with Crippen molar-refractivity contribution in [2.24, 2.45) is 11.5 Å². The van der Waals surface area contributed by atoms with Crippen molar-refractivity contribution in [1.82, 2.24) is 4.90 Å². The Morgan fingerprint density at radius 2 is 1.95 bits per heavy atom. The summed E-state index contributed by atoms with van der Waals surface area (Å²) in [7, 11) is 0. The highest BCUT2D eigenvalue weighted by Crippen LogP contribution is 2.23. The van der Waals surface area contributed by atoms with Gasteiger partial charge in [0, 0.05) is 12.6 Å². The van der Waals surface area contributed by atoms with Crippen LogP contribution in [-0.4, -0.2) is 41.1 Å². The van der Waals surface area contributed by atoms with Gasteiger partial charge in [-0.05, 0) is 24.1 Å². The number of rotatable bonds is 6. The van der Waals surface area contributed by atoms with Crippen molar-refractivity contribution in [2.45, 2.75) is 12.5 Å². The first-order valence-electron chi connectivity index (χ1n) is 5.75. The van der Waals surface area contributed by atoms with Gasteiger partial charge in [-0.15, -0.1) is 0 Å². The van der Waals surface area contributed by atoms with Crippen molar-refractivity contribution in [3.63, 3.8) is 0 Å². The summed E-state index contributed by atoms with van der Waals surface area (Å²) in [6, 6.07) is 4.59. The maximum absolute atomic E-state index is 10.9. The van der Waals surface area contributed by atoms with Crippen LogP contribution in [0.25, 0.3) is 0 Å². The zero-order chi connectivity index (χ0) is 15.3. The molecule has 0 bridgehead atoms. The van der Waals surface area contributed by atoms with Crippen LogP contribution in [0.4, 0.5) is 4.79 Å². The van der Waals surface area contributed by atoms with Gasteiger partial charge in [0.1, 0.15) is 6.54 Å². The van der Waals surface area contributed by atoms with E-state index >= 15 is 0 Å². The molecule has 0 heterocycles. The molecule has 0 unspecified atom stereocenters. The molecule has 2 amide bonds. The number of amides is 2. The number of nitrogens with two attached hydrogens (primary N) is 2. The second kappa shape index (κ2) is 7.33. The fraction of sp³-hybridized carbons (Fsp3) is 0.333. The third-order valence-corrected chi connectivity index (χ3v) is 3.29. The Labute approximate surface area is 126 Å². The van der Waals surface area contributed by atoms with E-state index in [1.54, 1.807) is 18.2 Å². The molecule has 1 rings (SSSR count). The maximum atomic E-state index is 10.9. The molecular weight excluding hydrogens is 305 g/mol. The Morgan fingerprint density at radius 1 is 1.30 bits per heavy atom. The van der Waals surface area contributed by atoms with E-state index in [1.807, 2.05) is 0 Å². The second-order valence-electron chi connectivity index (χ2n) is 4.34. The number of benzene rings is 1. The van der Waals surface area contributed by atoms with Gasteiger partial charge in [-0.3, -0.25) is 9.69 Å². The van der Waals surface area contributed by atoms with Gasteiger partial charge in [0.25, 0.3) is 0 Å². The minimum atomic E-state index is -1.24. The standard InChI is InChI=1S/C12H15Cl2N3O3/c13-9-2-1-7(4-10(9)14)3-8(15)5-17(12(19)20)6-11(16)18/h1-2,4,8H,3,5-6,15H2,(H2,16,18)(H,19,20)/t8-/m1/s1. The number of halogens is 2. The highest BCUT2D eigenvalue weighted by atomic mass is 35.5. The van der Waals surface area contributed by atoms with E-state index in [2.05, 4.69) is 0 Å². The molecule has 5 N–H and O–H groups in total.